The molecule has 0 aliphatic rings. The number of aryl methyl sites for hydroxylation is 2. The van der Waals surface area contributed by atoms with Gasteiger partial charge >= 0.3 is 6.09 Å². The van der Waals surface area contributed by atoms with Gasteiger partial charge in [0.05, 0.1) is 6.61 Å². The number of carbonyl (C=O) groups excluding carboxylic acids is 1. The SMILES string of the molecule is Cc1cc(NC(=O)OCc2ccccc2)cc(C)c1Cc1ccc(OCOCCc2ccc(F)cc2)cc1. The molecule has 0 bridgehead atoms. The Labute approximate surface area is 223 Å². The van der Waals surface area contributed by atoms with Crippen molar-refractivity contribution < 1.29 is 23.4 Å². The minimum absolute atomic E-state index is 0.154. The van der Waals surface area contributed by atoms with Crippen LogP contribution >= 0.6 is 0 Å². The van der Waals surface area contributed by atoms with Crippen LogP contribution in [-0.4, -0.2) is 19.5 Å². The van der Waals surface area contributed by atoms with Gasteiger partial charge in [0.25, 0.3) is 0 Å². The molecule has 0 aromatic heterocycles. The second kappa shape index (κ2) is 13.4. The number of halogens is 1. The van der Waals surface area contributed by atoms with Gasteiger partial charge in [0.1, 0.15) is 18.2 Å². The third-order valence-electron chi connectivity index (χ3n) is 6.22. The van der Waals surface area contributed by atoms with E-state index in [0.29, 0.717) is 18.7 Å². The van der Waals surface area contributed by atoms with E-state index in [9.17, 15) is 9.18 Å². The average molecular weight is 514 g/mol. The Morgan fingerprint density at radius 1 is 0.816 bits per heavy atom. The molecular weight excluding hydrogens is 481 g/mol. The van der Waals surface area contributed by atoms with Gasteiger partial charge in [-0.1, -0.05) is 54.6 Å². The lowest BCUT2D eigenvalue weighted by atomic mass is 9.95. The first-order valence-corrected chi connectivity index (χ1v) is 12.6. The number of nitrogens with one attached hydrogen (secondary N) is 1. The highest BCUT2D eigenvalue weighted by Crippen LogP contribution is 2.24. The summed E-state index contributed by atoms with van der Waals surface area (Å²) in [7, 11) is 0. The van der Waals surface area contributed by atoms with Crippen LogP contribution in [-0.2, 0) is 28.9 Å². The minimum atomic E-state index is -0.476. The molecule has 1 amide bonds. The van der Waals surface area contributed by atoms with E-state index in [-0.39, 0.29) is 19.2 Å². The average Bonchev–Trinajstić information content (AvgIpc) is 2.92. The summed E-state index contributed by atoms with van der Waals surface area (Å²) >= 11 is 0. The summed E-state index contributed by atoms with van der Waals surface area (Å²) in [6, 6.07) is 27.9. The molecule has 0 saturated heterocycles. The van der Waals surface area contributed by atoms with Gasteiger partial charge in [0.2, 0.25) is 0 Å². The quantitative estimate of drug-likeness (QED) is 0.168. The summed E-state index contributed by atoms with van der Waals surface area (Å²) < 4.78 is 29.5. The van der Waals surface area contributed by atoms with Crippen LogP contribution in [0.5, 0.6) is 5.75 Å². The highest BCUT2D eigenvalue weighted by Gasteiger charge is 2.10. The predicted octanol–water partition coefficient (Wildman–Crippen LogP) is 7.38. The highest BCUT2D eigenvalue weighted by atomic mass is 19.1. The number of hydrogen-bond acceptors (Lipinski definition) is 4. The van der Waals surface area contributed by atoms with Gasteiger partial charge < -0.3 is 14.2 Å². The monoisotopic (exact) mass is 513 g/mol. The summed E-state index contributed by atoms with van der Waals surface area (Å²) in [5, 5.41) is 2.83. The summed E-state index contributed by atoms with van der Waals surface area (Å²) in [5.41, 5.74) is 7.24. The molecule has 0 saturated carbocycles. The first-order chi connectivity index (χ1) is 18.5. The van der Waals surface area contributed by atoms with E-state index < -0.39 is 6.09 Å². The van der Waals surface area contributed by atoms with Crippen LogP contribution in [0.2, 0.25) is 0 Å². The van der Waals surface area contributed by atoms with Crippen molar-refractivity contribution in [2.45, 2.75) is 33.3 Å². The molecule has 0 aliphatic heterocycles. The Balaban J connectivity index is 1.23. The normalized spacial score (nSPS) is 10.7. The Kier molecular flexibility index (Phi) is 9.48. The van der Waals surface area contributed by atoms with E-state index in [1.54, 1.807) is 12.1 Å². The van der Waals surface area contributed by atoms with Crippen LogP contribution < -0.4 is 10.1 Å². The molecule has 38 heavy (non-hydrogen) atoms. The topological polar surface area (TPSA) is 56.8 Å². The molecule has 196 valence electrons. The van der Waals surface area contributed by atoms with Crippen molar-refractivity contribution in [1.29, 1.82) is 0 Å². The summed E-state index contributed by atoms with van der Waals surface area (Å²) in [6.07, 6.45) is 0.991. The van der Waals surface area contributed by atoms with Gasteiger partial charge in [-0.25, -0.2) is 9.18 Å². The van der Waals surface area contributed by atoms with Crippen molar-refractivity contribution >= 4 is 11.8 Å². The Bertz CT molecular complexity index is 1300. The lowest BCUT2D eigenvalue weighted by Gasteiger charge is -2.14. The minimum Gasteiger partial charge on any atom is -0.468 e. The van der Waals surface area contributed by atoms with E-state index in [2.05, 4.69) is 5.32 Å². The van der Waals surface area contributed by atoms with Crippen LogP contribution in [0.3, 0.4) is 0 Å². The number of benzene rings is 4. The molecular formula is C32H32FNO4. The maximum absolute atomic E-state index is 13.0. The van der Waals surface area contributed by atoms with Crippen molar-refractivity contribution in [1.82, 2.24) is 0 Å². The smallest absolute Gasteiger partial charge is 0.411 e. The Morgan fingerprint density at radius 2 is 1.47 bits per heavy atom. The maximum atomic E-state index is 13.0. The van der Waals surface area contributed by atoms with Gasteiger partial charge in [-0.3, -0.25) is 5.32 Å². The molecule has 1 N–H and O–H groups in total. The van der Waals surface area contributed by atoms with Gasteiger partial charge in [-0.2, -0.15) is 0 Å². The lowest BCUT2D eigenvalue weighted by Crippen LogP contribution is -2.14. The molecule has 0 heterocycles. The zero-order valence-corrected chi connectivity index (χ0v) is 21.7. The van der Waals surface area contributed by atoms with Crippen LogP contribution in [0.25, 0.3) is 0 Å². The number of amides is 1. The van der Waals surface area contributed by atoms with Crippen molar-refractivity contribution in [3.05, 3.63) is 130 Å². The molecule has 0 aliphatic carbocycles. The Morgan fingerprint density at radius 3 is 2.16 bits per heavy atom. The zero-order valence-electron chi connectivity index (χ0n) is 21.7. The first-order valence-electron chi connectivity index (χ1n) is 12.6. The van der Waals surface area contributed by atoms with Gasteiger partial charge in [0.15, 0.2) is 6.79 Å². The standard InChI is InChI=1S/C32H32FNO4/c1-23-18-29(34-32(35)37-21-27-6-4-3-5-7-27)19-24(2)31(23)20-26-10-14-30(15-11-26)38-22-36-17-16-25-8-12-28(33)13-9-25/h3-15,18-19H,16-17,20-22H2,1-2H3,(H,34,35). The van der Waals surface area contributed by atoms with E-state index in [4.69, 9.17) is 14.2 Å². The van der Waals surface area contributed by atoms with Crippen molar-refractivity contribution in [3.63, 3.8) is 0 Å². The number of carbonyl (C=O) groups is 1. The second-order valence-electron chi connectivity index (χ2n) is 9.14. The molecule has 0 radical (unpaired) electrons. The molecule has 4 aromatic carbocycles. The molecule has 0 fully saturated rings. The molecule has 5 nitrogen and oxygen atoms in total. The number of rotatable bonds is 11. The van der Waals surface area contributed by atoms with E-state index >= 15 is 0 Å². The van der Waals surface area contributed by atoms with Gasteiger partial charge in [0, 0.05) is 5.69 Å². The fourth-order valence-electron chi connectivity index (χ4n) is 4.14. The number of anilines is 1. The highest BCUT2D eigenvalue weighted by molar-refractivity contribution is 5.85. The van der Waals surface area contributed by atoms with E-state index in [1.165, 1.54) is 17.7 Å². The van der Waals surface area contributed by atoms with Crippen LogP contribution in [0.4, 0.5) is 14.9 Å². The molecule has 0 atom stereocenters. The third-order valence-corrected chi connectivity index (χ3v) is 6.22. The van der Waals surface area contributed by atoms with Gasteiger partial charge in [-0.05, 0) is 96.5 Å². The first kappa shape index (κ1) is 26.9. The second-order valence-corrected chi connectivity index (χ2v) is 9.14. The molecule has 4 aromatic rings. The van der Waals surface area contributed by atoms with Crippen molar-refractivity contribution in [2.24, 2.45) is 0 Å². The summed E-state index contributed by atoms with van der Waals surface area (Å²) in [4.78, 5) is 12.2. The lowest BCUT2D eigenvalue weighted by molar-refractivity contribution is 0.0169. The van der Waals surface area contributed by atoms with Crippen LogP contribution in [0.15, 0.2) is 91.0 Å². The van der Waals surface area contributed by atoms with Crippen LogP contribution in [0, 0.1) is 19.7 Å². The fraction of sp³-hybridized carbons (Fsp3) is 0.219. The maximum Gasteiger partial charge on any atom is 0.411 e. The van der Waals surface area contributed by atoms with Crippen molar-refractivity contribution in [2.75, 3.05) is 18.7 Å². The third kappa shape index (κ3) is 8.18. The largest absolute Gasteiger partial charge is 0.468 e. The van der Waals surface area contributed by atoms with Gasteiger partial charge in [-0.15, -0.1) is 0 Å². The summed E-state index contributed by atoms with van der Waals surface area (Å²) in [5.74, 6) is 0.495. The fourth-order valence-corrected chi connectivity index (χ4v) is 4.14. The summed E-state index contributed by atoms with van der Waals surface area (Å²) in [6.45, 7) is 4.97. The number of ether oxygens (including phenoxy) is 3. The molecule has 4 rings (SSSR count). The molecule has 0 spiro atoms. The van der Waals surface area contributed by atoms with Crippen molar-refractivity contribution in [3.8, 4) is 5.75 Å². The molecule has 6 heteroatoms. The van der Waals surface area contributed by atoms with Crippen LogP contribution in [0.1, 0.15) is 33.4 Å². The predicted molar refractivity (Wildman–Crippen MR) is 147 cm³/mol. The van der Waals surface area contributed by atoms with E-state index in [1.807, 2.05) is 80.6 Å². The van der Waals surface area contributed by atoms with E-state index in [0.717, 1.165) is 40.0 Å². The molecule has 0 unspecified atom stereocenters. The Hall–Kier alpha value is -4.16. The number of hydrogen-bond donors (Lipinski definition) is 1. The zero-order chi connectivity index (χ0) is 26.7.